The van der Waals surface area contributed by atoms with Crippen LogP contribution in [0.3, 0.4) is 0 Å². The molecule has 3 N–H and O–H groups in total. The summed E-state index contributed by atoms with van der Waals surface area (Å²) in [6.07, 6.45) is 2.60. The van der Waals surface area contributed by atoms with E-state index in [0.717, 1.165) is 35.0 Å². The molecule has 0 saturated heterocycles. The number of hydrogen-bond donors (Lipinski definition) is 3. The summed E-state index contributed by atoms with van der Waals surface area (Å²) in [5, 5.41) is 7.26. The van der Waals surface area contributed by atoms with Crippen LogP contribution in [0.4, 0.5) is 5.82 Å². The Morgan fingerprint density at radius 2 is 1.92 bits per heavy atom. The van der Waals surface area contributed by atoms with Crippen LogP contribution in [0.25, 0.3) is 10.9 Å². The van der Waals surface area contributed by atoms with Gasteiger partial charge in [-0.3, -0.25) is 14.2 Å². The quantitative estimate of drug-likeness (QED) is 0.305. The first-order chi connectivity index (χ1) is 17.3. The van der Waals surface area contributed by atoms with Crippen LogP contribution in [0.5, 0.6) is 0 Å². The van der Waals surface area contributed by atoms with Gasteiger partial charge in [-0.15, -0.1) is 0 Å². The SMILES string of the molecule is Cc1c(Cl)nc(NCCc2cccc(CN(C)C)c2)c(=O)n1CC(=O)NCc1ccc2[nH]ccc2c1. The van der Waals surface area contributed by atoms with E-state index in [1.54, 1.807) is 6.92 Å². The Hall–Kier alpha value is -3.62. The summed E-state index contributed by atoms with van der Waals surface area (Å²) >= 11 is 6.31. The van der Waals surface area contributed by atoms with Crippen molar-refractivity contribution in [3.05, 3.63) is 92.6 Å². The number of anilines is 1. The normalized spacial score (nSPS) is 11.2. The maximum Gasteiger partial charge on any atom is 0.294 e. The molecule has 0 atom stereocenters. The number of carbonyl (C=O) groups excluding carboxylic acids is 1. The van der Waals surface area contributed by atoms with Gasteiger partial charge in [0.05, 0.1) is 5.69 Å². The highest BCUT2D eigenvalue weighted by atomic mass is 35.5. The van der Waals surface area contributed by atoms with E-state index in [1.807, 2.05) is 50.6 Å². The van der Waals surface area contributed by atoms with Crippen LogP contribution in [0.15, 0.2) is 59.5 Å². The fourth-order valence-electron chi connectivity index (χ4n) is 4.11. The summed E-state index contributed by atoms with van der Waals surface area (Å²) in [6, 6.07) is 16.3. The number of hydrogen-bond acceptors (Lipinski definition) is 5. The van der Waals surface area contributed by atoms with Crippen molar-refractivity contribution in [2.75, 3.05) is 26.0 Å². The van der Waals surface area contributed by atoms with E-state index in [-0.39, 0.29) is 29.0 Å². The van der Waals surface area contributed by atoms with Crippen LogP contribution in [0, 0.1) is 6.92 Å². The molecule has 0 radical (unpaired) electrons. The molecule has 8 nitrogen and oxygen atoms in total. The van der Waals surface area contributed by atoms with Gasteiger partial charge in [-0.25, -0.2) is 4.98 Å². The molecule has 2 aromatic carbocycles. The molecule has 36 heavy (non-hydrogen) atoms. The Morgan fingerprint density at radius 1 is 1.11 bits per heavy atom. The summed E-state index contributed by atoms with van der Waals surface area (Å²) in [7, 11) is 4.07. The molecule has 9 heteroatoms. The van der Waals surface area contributed by atoms with Crippen molar-refractivity contribution in [3.63, 3.8) is 0 Å². The van der Waals surface area contributed by atoms with Crippen molar-refractivity contribution in [2.24, 2.45) is 0 Å². The van der Waals surface area contributed by atoms with Crippen molar-refractivity contribution >= 4 is 34.2 Å². The lowest BCUT2D eigenvalue weighted by Gasteiger charge is -2.14. The minimum atomic E-state index is -0.373. The van der Waals surface area contributed by atoms with Gasteiger partial charge in [0.25, 0.3) is 5.56 Å². The minimum absolute atomic E-state index is 0.138. The molecule has 4 aromatic rings. The van der Waals surface area contributed by atoms with Crippen LogP contribution in [0.2, 0.25) is 5.15 Å². The van der Waals surface area contributed by atoms with Gasteiger partial charge in [0.15, 0.2) is 11.0 Å². The van der Waals surface area contributed by atoms with E-state index in [2.05, 4.69) is 43.7 Å². The number of carbonyl (C=O) groups is 1. The van der Waals surface area contributed by atoms with Crippen molar-refractivity contribution in [2.45, 2.75) is 33.0 Å². The van der Waals surface area contributed by atoms with E-state index in [1.165, 1.54) is 10.1 Å². The smallest absolute Gasteiger partial charge is 0.294 e. The summed E-state index contributed by atoms with van der Waals surface area (Å²) in [4.78, 5) is 35.2. The zero-order valence-electron chi connectivity index (χ0n) is 20.8. The number of aromatic nitrogens is 3. The van der Waals surface area contributed by atoms with Gasteiger partial charge >= 0.3 is 0 Å². The molecule has 2 aromatic heterocycles. The Morgan fingerprint density at radius 3 is 2.72 bits per heavy atom. The summed E-state index contributed by atoms with van der Waals surface area (Å²) in [5.41, 5.74) is 4.49. The number of nitrogens with one attached hydrogen (secondary N) is 3. The largest absolute Gasteiger partial charge is 0.365 e. The van der Waals surface area contributed by atoms with E-state index in [4.69, 9.17) is 11.6 Å². The third-order valence-corrected chi connectivity index (χ3v) is 6.32. The number of halogens is 1. The Labute approximate surface area is 215 Å². The second-order valence-electron chi connectivity index (χ2n) is 9.14. The van der Waals surface area contributed by atoms with Crippen LogP contribution >= 0.6 is 11.6 Å². The number of fused-ring (bicyclic) bond motifs is 1. The van der Waals surface area contributed by atoms with E-state index < -0.39 is 0 Å². The Kier molecular flexibility index (Phi) is 8.07. The molecule has 1 amide bonds. The van der Waals surface area contributed by atoms with E-state index in [0.29, 0.717) is 18.8 Å². The van der Waals surface area contributed by atoms with Gasteiger partial charge in [-0.1, -0.05) is 41.9 Å². The van der Waals surface area contributed by atoms with Gasteiger partial charge in [0.1, 0.15) is 6.54 Å². The molecular formula is C27H31ClN6O2. The predicted molar refractivity (Wildman–Crippen MR) is 144 cm³/mol. The second kappa shape index (κ2) is 11.4. The van der Waals surface area contributed by atoms with Crippen LogP contribution in [-0.4, -0.2) is 46.0 Å². The first-order valence-corrected chi connectivity index (χ1v) is 12.2. The van der Waals surface area contributed by atoms with E-state index >= 15 is 0 Å². The van der Waals surface area contributed by atoms with Crippen LogP contribution < -0.4 is 16.2 Å². The number of nitrogens with zero attached hydrogens (tertiary/aromatic N) is 3. The van der Waals surface area contributed by atoms with Crippen molar-refractivity contribution < 1.29 is 4.79 Å². The molecular weight excluding hydrogens is 476 g/mol. The minimum Gasteiger partial charge on any atom is -0.365 e. The van der Waals surface area contributed by atoms with Gasteiger partial charge in [0, 0.05) is 31.3 Å². The average molecular weight is 507 g/mol. The first kappa shape index (κ1) is 25.5. The molecule has 0 fully saturated rings. The lowest BCUT2D eigenvalue weighted by atomic mass is 10.1. The molecule has 2 heterocycles. The van der Waals surface area contributed by atoms with Gasteiger partial charge in [-0.2, -0.15) is 0 Å². The molecule has 0 bridgehead atoms. The lowest BCUT2D eigenvalue weighted by molar-refractivity contribution is -0.121. The van der Waals surface area contributed by atoms with E-state index in [9.17, 15) is 9.59 Å². The molecule has 0 spiro atoms. The van der Waals surface area contributed by atoms with Gasteiger partial charge in [-0.05, 0) is 67.7 Å². The first-order valence-electron chi connectivity index (χ1n) is 11.9. The number of rotatable bonds is 10. The highest BCUT2D eigenvalue weighted by Gasteiger charge is 2.15. The third kappa shape index (κ3) is 6.33. The summed E-state index contributed by atoms with van der Waals surface area (Å²) < 4.78 is 1.36. The summed E-state index contributed by atoms with van der Waals surface area (Å²) in [6.45, 7) is 3.29. The van der Waals surface area contributed by atoms with Gasteiger partial charge in [0.2, 0.25) is 5.91 Å². The maximum absolute atomic E-state index is 13.1. The lowest BCUT2D eigenvalue weighted by Crippen LogP contribution is -2.35. The second-order valence-corrected chi connectivity index (χ2v) is 9.50. The zero-order chi connectivity index (χ0) is 25.7. The van der Waals surface area contributed by atoms with Crippen molar-refractivity contribution in [3.8, 4) is 0 Å². The zero-order valence-corrected chi connectivity index (χ0v) is 21.5. The molecule has 4 rings (SSSR count). The number of amides is 1. The maximum atomic E-state index is 13.1. The highest BCUT2D eigenvalue weighted by Crippen LogP contribution is 2.15. The molecule has 0 aliphatic heterocycles. The van der Waals surface area contributed by atoms with Crippen LogP contribution in [-0.2, 0) is 30.8 Å². The number of benzene rings is 2. The molecule has 0 saturated carbocycles. The predicted octanol–water partition coefficient (Wildman–Crippen LogP) is 3.72. The van der Waals surface area contributed by atoms with Crippen molar-refractivity contribution in [1.29, 1.82) is 0 Å². The standard InChI is InChI=1S/C27H31ClN6O2/c1-18-25(28)32-26(30-11-9-19-5-4-6-21(13-19)16-33(2)3)27(36)34(18)17-24(35)31-15-20-7-8-23-22(14-20)10-12-29-23/h4-8,10,12-14,29H,9,11,15-17H2,1-3H3,(H,30,32)(H,31,35). The topological polar surface area (TPSA) is 95.1 Å². The molecule has 188 valence electrons. The third-order valence-electron chi connectivity index (χ3n) is 5.97. The molecule has 0 aliphatic carbocycles. The number of H-pyrrole nitrogens is 1. The summed E-state index contributed by atoms with van der Waals surface area (Å²) in [5.74, 6) is -0.138. The molecule has 0 aliphatic rings. The average Bonchev–Trinajstić information content (AvgIpc) is 3.31. The Bertz CT molecular complexity index is 1430. The van der Waals surface area contributed by atoms with Crippen molar-refractivity contribution in [1.82, 2.24) is 24.8 Å². The fourth-order valence-corrected chi connectivity index (χ4v) is 4.30. The Balaban J connectivity index is 1.38. The van der Waals surface area contributed by atoms with Crippen LogP contribution in [0.1, 0.15) is 22.4 Å². The monoisotopic (exact) mass is 506 g/mol. The number of aromatic amines is 1. The molecule has 0 unspecified atom stereocenters. The highest BCUT2D eigenvalue weighted by molar-refractivity contribution is 6.30. The fraction of sp³-hybridized carbons (Fsp3) is 0.296. The van der Waals surface area contributed by atoms with Gasteiger partial charge < -0.3 is 20.5 Å².